The lowest BCUT2D eigenvalue weighted by Crippen LogP contribution is -2.39. The van der Waals surface area contributed by atoms with Gasteiger partial charge in [-0.2, -0.15) is 0 Å². The van der Waals surface area contributed by atoms with Crippen molar-refractivity contribution in [1.29, 1.82) is 0 Å². The normalized spacial score (nSPS) is 26.0. The molecular formula is C16H27N3O6S. The summed E-state index contributed by atoms with van der Waals surface area (Å²) in [4.78, 5) is 33.4. The number of carbonyl (C=O) groups excluding carboxylic acids is 2. The summed E-state index contributed by atoms with van der Waals surface area (Å²) in [5.74, 6) is -0.910. The molecule has 2 aliphatic rings. The van der Waals surface area contributed by atoms with Crippen LogP contribution in [0.4, 0.5) is 4.79 Å². The predicted molar refractivity (Wildman–Crippen MR) is 94.4 cm³/mol. The van der Waals surface area contributed by atoms with Gasteiger partial charge in [0.15, 0.2) is 9.84 Å². The maximum atomic E-state index is 12.2. The monoisotopic (exact) mass is 389 g/mol. The van der Waals surface area contributed by atoms with Gasteiger partial charge in [0.25, 0.3) is 0 Å². The lowest BCUT2D eigenvalue weighted by Gasteiger charge is -2.16. The van der Waals surface area contributed by atoms with Gasteiger partial charge in [-0.25, -0.2) is 13.2 Å². The van der Waals surface area contributed by atoms with Gasteiger partial charge in [0, 0.05) is 19.4 Å². The molecule has 0 aromatic carbocycles. The number of amides is 3. The van der Waals surface area contributed by atoms with E-state index in [1.807, 2.05) is 0 Å². The molecule has 26 heavy (non-hydrogen) atoms. The molecule has 0 saturated carbocycles. The van der Waals surface area contributed by atoms with E-state index in [4.69, 9.17) is 5.11 Å². The highest BCUT2D eigenvalue weighted by atomic mass is 32.2. The van der Waals surface area contributed by atoms with E-state index in [0.717, 1.165) is 12.8 Å². The quantitative estimate of drug-likeness (QED) is 0.293. The Kier molecular flexibility index (Phi) is 7.24. The van der Waals surface area contributed by atoms with Crippen molar-refractivity contribution in [2.24, 2.45) is 0 Å². The van der Waals surface area contributed by atoms with E-state index in [2.05, 4.69) is 16.0 Å². The number of carbonyl (C=O) groups is 3. The fourth-order valence-corrected chi connectivity index (χ4v) is 5.80. The second kappa shape index (κ2) is 9.20. The molecule has 0 aromatic heterocycles. The van der Waals surface area contributed by atoms with Crippen LogP contribution in [-0.2, 0) is 19.4 Å². The number of aliphatic carboxylic acids is 1. The first-order valence-corrected chi connectivity index (χ1v) is 10.8. The highest BCUT2D eigenvalue weighted by molar-refractivity contribution is 7.92. The van der Waals surface area contributed by atoms with E-state index in [-0.39, 0.29) is 36.2 Å². The van der Waals surface area contributed by atoms with Crippen molar-refractivity contribution in [1.82, 2.24) is 16.0 Å². The highest BCUT2D eigenvalue weighted by Gasteiger charge is 2.51. The smallest absolute Gasteiger partial charge is 0.315 e. The number of hydrogen-bond donors (Lipinski definition) is 4. The van der Waals surface area contributed by atoms with Gasteiger partial charge in [-0.15, -0.1) is 0 Å². The summed E-state index contributed by atoms with van der Waals surface area (Å²) in [5, 5.41) is 16.0. The first-order valence-electron chi connectivity index (χ1n) is 9.06. The molecule has 3 atom stereocenters. The van der Waals surface area contributed by atoms with Crippen LogP contribution in [0.2, 0.25) is 0 Å². The van der Waals surface area contributed by atoms with Gasteiger partial charge in [-0.3, -0.25) is 9.59 Å². The Hall–Kier alpha value is -1.84. The Morgan fingerprint density at radius 3 is 2.54 bits per heavy atom. The topological polar surface area (TPSA) is 142 Å². The Morgan fingerprint density at radius 2 is 1.81 bits per heavy atom. The fraction of sp³-hybridized carbons (Fsp3) is 0.812. The van der Waals surface area contributed by atoms with Crippen LogP contribution in [0.3, 0.4) is 0 Å². The van der Waals surface area contributed by atoms with Crippen molar-refractivity contribution < 1.29 is 27.9 Å². The molecule has 2 aliphatic heterocycles. The molecule has 3 amide bonds. The summed E-state index contributed by atoms with van der Waals surface area (Å²) in [6, 6.07) is -1.03. The first kappa shape index (κ1) is 20.5. The molecule has 2 fully saturated rings. The van der Waals surface area contributed by atoms with Gasteiger partial charge in [-0.1, -0.05) is 12.8 Å². The molecule has 2 rings (SSSR count). The Balaban J connectivity index is 1.57. The van der Waals surface area contributed by atoms with Gasteiger partial charge in [0.1, 0.15) is 0 Å². The standard InChI is InChI=1S/C16H27N3O6S/c20-13(17-9-5-1-2-8-14(21)22)7-4-3-6-12-15-11(10-26(12,24)25)18-16(23)19-15/h11-12,15H,1-10H2,(H,17,20)(H,21,22)(H2,18,19,23)/t11-,12-,15?/m0/s1. The molecule has 4 N–H and O–H groups in total. The molecule has 2 heterocycles. The molecule has 1 unspecified atom stereocenters. The summed E-state index contributed by atoms with van der Waals surface area (Å²) in [5.41, 5.74) is 0. The zero-order chi connectivity index (χ0) is 19.2. The molecule has 2 saturated heterocycles. The average molecular weight is 389 g/mol. The van der Waals surface area contributed by atoms with Gasteiger partial charge < -0.3 is 21.1 Å². The minimum atomic E-state index is -3.22. The van der Waals surface area contributed by atoms with E-state index < -0.39 is 21.1 Å². The minimum absolute atomic E-state index is 0.0244. The van der Waals surface area contributed by atoms with Crippen LogP contribution in [0.25, 0.3) is 0 Å². The van der Waals surface area contributed by atoms with Crippen LogP contribution < -0.4 is 16.0 Å². The molecule has 0 spiro atoms. The maximum absolute atomic E-state index is 12.2. The van der Waals surface area contributed by atoms with Crippen molar-refractivity contribution in [2.75, 3.05) is 12.3 Å². The number of rotatable bonds is 11. The third kappa shape index (κ3) is 5.86. The Morgan fingerprint density at radius 1 is 1.08 bits per heavy atom. The third-order valence-corrected chi connectivity index (χ3v) is 7.13. The molecule has 0 aromatic rings. The van der Waals surface area contributed by atoms with E-state index in [1.54, 1.807) is 0 Å². The number of nitrogens with one attached hydrogen (secondary N) is 3. The number of sulfone groups is 1. The largest absolute Gasteiger partial charge is 0.481 e. The summed E-state index contributed by atoms with van der Waals surface area (Å²) in [6.45, 7) is 0.525. The second-order valence-electron chi connectivity index (χ2n) is 6.92. The second-order valence-corrected chi connectivity index (χ2v) is 9.18. The number of urea groups is 1. The van der Waals surface area contributed by atoms with Gasteiger partial charge in [-0.05, 0) is 25.7 Å². The summed E-state index contributed by atoms with van der Waals surface area (Å²) in [6.07, 6.45) is 4.23. The third-order valence-electron chi connectivity index (χ3n) is 4.85. The molecule has 0 bridgehead atoms. The summed E-state index contributed by atoms with van der Waals surface area (Å²) >= 11 is 0. The minimum Gasteiger partial charge on any atom is -0.481 e. The van der Waals surface area contributed by atoms with Crippen molar-refractivity contribution in [3.63, 3.8) is 0 Å². The number of carboxylic acid groups (broad SMARTS) is 1. The average Bonchev–Trinajstić information content (AvgIpc) is 2.99. The lowest BCUT2D eigenvalue weighted by atomic mass is 10.0. The lowest BCUT2D eigenvalue weighted by molar-refractivity contribution is -0.137. The first-order chi connectivity index (χ1) is 12.3. The summed E-state index contributed by atoms with van der Waals surface area (Å²) in [7, 11) is -3.22. The summed E-state index contributed by atoms with van der Waals surface area (Å²) < 4.78 is 24.3. The molecule has 9 nitrogen and oxygen atoms in total. The van der Waals surface area contributed by atoms with E-state index >= 15 is 0 Å². The van der Waals surface area contributed by atoms with Crippen molar-refractivity contribution in [2.45, 2.75) is 68.7 Å². The van der Waals surface area contributed by atoms with E-state index in [9.17, 15) is 22.8 Å². The SMILES string of the molecule is O=C(O)CCCCCNC(=O)CCCC[C@H]1C2NC(=O)N[C@H]2CS1(=O)=O. The van der Waals surface area contributed by atoms with Crippen LogP contribution >= 0.6 is 0 Å². The molecule has 148 valence electrons. The van der Waals surface area contributed by atoms with Gasteiger partial charge in [0.2, 0.25) is 5.91 Å². The van der Waals surface area contributed by atoms with Crippen molar-refractivity contribution in [3.05, 3.63) is 0 Å². The van der Waals surface area contributed by atoms with Gasteiger partial charge >= 0.3 is 12.0 Å². The van der Waals surface area contributed by atoms with Crippen LogP contribution in [0.15, 0.2) is 0 Å². The maximum Gasteiger partial charge on any atom is 0.315 e. The van der Waals surface area contributed by atoms with Crippen LogP contribution in [-0.4, -0.2) is 61.1 Å². The number of unbranched alkanes of at least 4 members (excludes halogenated alkanes) is 3. The zero-order valence-electron chi connectivity index (χ0n) is 14.7. The number of carboxylic acids is 1. The zero-order valence-corrected chi connectivity index (χ0v) is 15.5. The van der Waals surface area contributed by atoms with Crippen molar-refractivity contribution in [3.8, 4) is 0 Å². The molecule has 0 aliphatic carbocycles. The van der Waals surface area contributed by atoms with E-state index in [0.29, 0.717) is 38.6 Å². The molecular weight excluding hydrogens is 362 g/mol. The van der Waals surface area contributed by atoms with Crippen LogP contribution in [0, 0.1) is 0 Å². The van der Waals surface area contributed by atoms with Crippen LogP contribution in [0.1, 0.15) is 51.4 Å². The Labute approximate surface area is 153 Å². The predicted octanol–water partition coefficient (Wildman–Crippen LogP) is 0.155. The van der Waals surface area contributed by atoms with Crippen LogP contribution in [0.5, 0.6) is 0 Å². The molecule has 10 heteroatoms. The van der Waals surface area contributed by atoms with E-state index in [1.165, 1.54) is 0 Å². The van der Waals surface area contributed by atoms with Crippen molar-refractivity contribution >= 4 is 27.7 Å². The molecule has 0 radical (unpaired) electrons. The van der Waals surface area contributed by atoms with Gasteiger partial charge in [0.05, 0.1) is 23.1 Å². The number of fused-ring (bicyclic) bond motifs is 1. The Bertz CT molecular complexity index is 636. The number of hydrogen-bond acceptors (Lipinski definition) is 5. The fourth-order valence-electron chi connectivity index (χ4n) is 3.53. The highest BCUT2D eigenvalue weighted by Crippen LogP contribution is 2.28.